The number of nitrogens with zero attached hydrogens (tertiary/aromatic N) is 1. The third-order valence-corrected chi connectivity index (χ3v) is 2.17. The first-order valence-corrected chi connectivity index (χ1v) is 5.53. The average molecular weight is 261 g/mol. The Labute approximate surface area is 105 Å². The minimum absolute atomic E-state index is 0.250. The van der Waals surface area contributed by atoms with E-state index in [4.69, 9.17) is 19.7 Å². The van der Waals surface area contributed by atoms with Crippen LogP contribution in [-0.4, -0.2) is 51.8 Å². The minimum Gasteiger partial charge on any atom is -0.483 e. The lowest BCUT2D eigenvalue weighted by Gasteiger charge is -2.26. The molecule has 0 aromatic heterocycles. The zero-order chi connectivity index (χ0) is 14.3. The molecule has 1 aliphatic rings. The van der Waals surface area contributed by atoms with Crippen molar-refractivity contribution in [3.8, 4) is 0 Å². The van der Waals surface area contributed by atoms with E-state index in [-0.39, 0.29) is 6.47 Å². The summed E-state index contributed by atoms with van der Waals surface area (Å²) in [5, 5.41) is 15.8. The molecule has 1 aliphatic heterocycles. The van der Waals surface area contributed by atoms with Crippen LogP contribution in [-0.2, 0) is 14.3 Å². The van der Waals surface area contributed by atoms with Gasteiger partial charge < -0.3 is 14.9 Å². The molecule has 1 amide bonds. The maximum atomic E-state index is 11.6. The van der Waals surface area contributed by atoms with Crippen molar-refractivity contribution in [1.29, 1.82) is 0 Å². The van der Waals surface area contributed by atoms with E-state index in [1.807, 2.05) is 0 Å². The minimum atomic E-state index is -0.960. The van der Waals surface area contributed by atoms with Crippen LogP contribution in [0.1, 0.15) is 33.6 Å². The van der Waals surface area contributed by atoms with Crippen LogP contribution in [0, 0.1) is 0 Å². The van der Waals surface area contributed by atoms with Crippen molar-refractivity contribution in [3.05, 3.63) is 0 Å². The Morgan fingerprint density at radius 3 is 2.28 bits per heavy atom. The van der Waals surface area contributed by atoms with E-state index in [0.29, 0.717) is 13.0 Å². The second-order valence-corrected chi connectivity index (χ2v) is 4.78. The third-order valence-electron chi connectivity index (χ3n) is 2.17. The molecule has 0 aliphatic carbocycles. The van der Waals surface area contributed by atoms with E-state index in [1.165, 1.54) is 4.90 Å². The Bertz CT molecular complexity index is 309. The van der Waals surface area contributed by atoms with Crippen LogP contribution in [0.3, 0.4) is 0 Å². The molecule has 7 heteroatoms. The summed E-state index contributed by atoms with van der Waals surface area (Å²) >= 11 is 0. The molecule has 1 saturated heterocycles. The molecule has 104 valence electrons. The summed E-state index contributed by atoms with van der Waals surface area (Å²) in [4.78, 5) is 32.1. The number of carboxylic acids is 1. The number of hydrogen-bond donors (Lipinski definition) is 2. The number of amides is 1. The molecule has 1 heterocycles. The van der Waals surface area contributed by atoms with E-state index in [2.05, 4.69) is 0 Å². The van der Waals surface area contributed by atoms with Gasteiger partial charge >= 0.3 is 12.1 Å². The van der Waals surface area contributed by atoms with E-state index in [0.717, 1.165) is 6.42 Å². The van der Waals surface area contributed by atoms with E-state index < -0.39 is 23.7 Å². The molecule has 18 heavy (non-hydrogen) atoms. The highest BCUT2D eigenvalue weighted by Crippen LogP contribution is 2.20. The van der Waals surface area contributed by atoms with Crippen LogP contribution in [0.25, 0.3) is 0 Å². The number of hydrogen-bond acceptors (Lipinski definition) is 4. The second kappa shape index (κ2) is 6.83. The number of aliphatic carboxylic acids is 1. The van der Waals surface area contributed by atoms with E-state index in [1.54, 1.807) is 20.8 Å². The van der Waals surface area contributed by atoms with Crippen LogP contribution >= 0.6 is 0 Å². The SMILES string of the molecule is CC(C)(C)OC(=O)N1CCC[C@H]1C(=O)O.O=CO. The number of carbonyl (C=O) groups excluding carboxylic acids is 1. The molecule has 2 N–H and O–H groups in total. The number of carbonyl (C=O) groups is 3. The number of rotatable bonds is 1. The summed E-state index contributed by atoms with van der Waals surface area (Å²) in [6.45, 7) is 5.50. The molecule has 1 rings (SSSR count). The van der Waals surface area contributed by atoms with Gasteiger partial charge in [-0.2, -0.15) is 0 Å². The molecule has 0 aromatic rings. The molecule has 7 nitrogen and oxygen atoms in total. The summed E-state index contributed by atoms with van der Waals surface area (Å²) in [6, 6.07) is -0.722. The van der Waals surface area contributed by atoms with Crippen molar-refractivity contribution in [2.75, 3.05) is 6.54 Å². The summed E-state index contributed by atoms with van der Waals surface area (Å²) in [6.07, 6.45) is 0.692. The number of likely N-dealkylation sites (tertiary alicyclic amines) is 1. The van der Waals surface area contributed by atoms with Crippen LogP contribution in [0.2, 0.25) is 0 Å². The average Bonchev–Trinajstić information content (AvgIpc) is 2.63. The monoisotopic (exact) mass is 261 g/mol. The van der Waals surface area contributed by atoms with Gasteiger partial charge in [-0.1, -0.05) is 0 Å². The molecule has 0 spiro atoms. The summed E-state index contributed by atoms with van der Waals surface area (Å²) in [5.74, 6) is -0.960. The van der Waals surface area contributed by atoms with Crippen LogP contribution in [0.5, 0.6) is 0 Å². The first-order chi connectivity index (χ1) is 8.22. The van der Waals surface area contributed by atoms with Crippen molar-refractivity contribution in [2.24, 2.45) is 0 Å². The van der Waals surface area contributed by atoms with Crippen molar-refractivity contribution >= 4 is 18.5 Å². The maximum Gasteiger partial charge on any atom is 0.411 e. The fourth-order valence-electron chi connectivity index (χ4n) is 1.56. The Balaban J connectivity index is 0.000000873. The Morgan fingerprint density at radius 2 is 1.89 bits per heavy atom. The molecular weight excluding hydrogens is 242 g/mol. The zero-order valence-electron chi connectivity index (χ0n) is 10.8. The molecule has 1 fully saturated rings. The lowest BCUT2D eigenvalue weighted by atomic mass is 10.2. The van der Waals surface area contributed by atoms with Crippen LogP contribution < -0.4 is 0 Å². The summed E-state index contributed by atoms with van der Waals surface area (Å²) < 4.78 is 5.13. The largest absolute Gasteiger partial charge is 0.483 e. The van der Waals surface area contributed by atoms with E-state index in [9.17, 15) is 9.59 Å². The van der Waals surface area contributed by atoms with Gasteiger partial charge in [-0.15, -0.1) is 0 Å². The molecule has 0 saturated carbocycles. The first-order valence-electron chi connectivity index (χ1n) is 5.53. The van der Waals surface area contributed by atoms with Gasteiger partial charge in [0.1, 0.15) is 11.6 Å². The van der Waals surface area contributed by atoms with Crippen molar-refractivity contribution < 1.29 is 29.3 Å². The maximum absolute atomic E-state index is 11.6. The smallest absolute Gasteiger partial charge is 0.411 e. The summed E-state index contributed by atoms with van der Waals surface area (Å²) in [5.41, 5.74) is -0.581. The van der Waals surface area contributed by atoms with E-state index >= 15 is 0 Å². The summed E-state index contributed by atoms with van der Waals surface area (Å²) in [7, 11) is 0. The molecule has 0 unspecified atom stereocenters. The van der Waals surface area contributed by atoms with Crippen molar-refractivity contribution in [2.45, 2.75) is 45.3 Å². The number of ether oxygens (including phenoxy) is 1. The fourth-order valence-corrected chi connectivity index (χ4v) is 1.56. The lowest BCUT2D eigenvalue weighted by molar-refractivity contribution is -0.142. The van der Waals surface area contributed by atoms with Crippen LogP contribution in [0.4, 0.5) is 4.79 Å². The number of carboxylic acid groups (broad SMARTS) is 2. The van der Waals surface area contributed by atoms with Gasteiger partial charge in [0.05, 0.1) is 0 Å². The van der Waals surface area contributed by atoms with Gasteiger partial charge in [0.25, 0.3) is 6.47 Å². The highest BCUT2D eigenvalue weighted by atomic mass is 16.6. The second-order valence-electron chi connectivity index (χ2n) is 4.78. The van der Waals surface area contributed by atoms with Crippen LogP contribution in [0.15, 0.2) is 0 Å². The van der Waals surface area contributed by atoms with Gasteiger partial charge in [0.15, 0.2) is 0 Å². The quantitative estimate of drug-likeness (QED) is 0.686. The highest BCUT2D eigenvalue weighted by molar-refractivity contribution is 5.80. The normalized spacial score (nSPS) is 18.6. The molecular formula is C11H19NO6. The predicted molar refractivity (Wildman–Crippen MR) is 62.3 cm³/mol. The van der Waals surface area contributed by atoms with Gasteiger partial charge in [0.2, 0.25) is 0 Å². The predicted octanol–water partition coefficient (Wildman–Crippen LogP) is 1.17. The molecule has 0 aromatic carbocycles. The fraction of sp³-hybridized carbons (Fsp3) is 0.727. The first kappa shape index (κ1) is 16.2. The molecule has 1 atom stereocenters. The Morgan fingerprint density at radius 1 is 1.39 bits per heavy atom. The van der Waals surface area contributed by atoms with Crippen molar-refractivity contribution in [3.63, 3.8) is 0 Å². The Kier molecular flexibility index (Phi) is 6.15. The van der Waals surface area contributed by atoms with Gasteiger partial charge in [-0.05, 0) is 33.6 Å². The van der Waals surface area contributed by atoms with Crippen molar-refractivity contribution in [1.82, 2.24) is 4.90 Å². The standard InChI is InChI=1S/C10H17NO4.CH2O2/c1-10(2,3)15-9(14)11-6-4-5-7(11)8(12)13;2-1-3/h7H,4-6H2,1-3H3,(H,12,13);1H,(H,2,3)/t7-;/m0./s1. The van der Waals surface area contributed by atoms with Gasteiger partial charge in [-0.25, -0.2) is 9.59 Å². The topological polar surface area (TPSA) is 104 Å². The Hall–Kier alpha value is -1.79. The highest BCUT2D eigenvalue weighted by Gasteiger charge is 2.36. The van der Waals surface area contributed by atoms with Gasteiger partial charge in [0, 0.05) is 6.54 Å². The van der Waals surface area contributed by atoms with Gasteiger partial charge in [-0.3, -0.25) is 9.69 Å². The zero-order valence-corrected chi connectivity index (χ0v) is 10.8. The lowest BCUT2D eigenvalue weighted by Crippen LogP contribution is -2.43. The third kappa shape index (κ3) is 5.51. The molecule has 0 bridgehead atoms. The molecule has 0 radical (unpaired) electrons.